The molecule has 0 radical (unpaired) electrons. The van der Waals surface area contributed by atoms with E-state index in [1.165, 1.54) is 0 Å². The van der Waals surface area contributed by atoms with Gasteiger partial charge in [-0.05, 0) is 18.4 Å². The van der Waals surface area contributed by atoms with E-state index in [0.29, 0.717) is 19.4 Å². The van der Waals surface area contributed by atoms with Crippen molar-refractivity contribution in [2.75, 3.05) is 0 Å². The first-order valence-electron chi connectivity index (χ1n) is 5.88. The smallest absolute Gasteiger partial charge is 0.109 e. The van der Waals surface area contributed by atoms with Crippen LogP contribution in [0.3, 0.4) is 0 Å². The summed E-state index contributed by atoms with van der Waals surface area (Å²) in [5.41, 5.74) is 1.03. The van der Waals surface area contributed by atoms with Gasteiger partial charge in [0, 0.05) is 0 Å². The molecule has 4 atom stereocenters. The van der Waals surface area contributed by atoms with Crippen molar-refractivity contribution in [2.24, 2.45) is 0 Å². The summed E-state index contributed by atoms with van der Waals surface area (Å²) < 4.78 is 5.58. The average Bonchev–Trinajstić information content (AvgIpc) is 2.36. The molecule has 1 aromatic carbocycles. The molecular formula is C13H18O4. The van der Waals surface area contributed by atoms with Crippen LogP contribution in [0.1, 0.15) is 18.4 Å². The summed E-state index contributed by atoms with van der Waals surface area (Å²) in [6.45, 7) is 0.408. The largest absolute Gasteiger partial charge is 0.390 e. The molecule has 0 unspecified atom stereocenters. The number of aliphatic hydroxyl groups excluding tert-OH is 3. The van der Waals surface area contributed by atoms with Crippen LogP contribution in [0.15, 0.2) is 30.3 Å². The zero-order valence-electron chi connectivity index (χ0n) is 9.57. The van der Waals surface area contributed by atoms with Gasteiger partial charge in [0.25, 0.3) is 0 Å². The molecule has 1 saturated carbocycles. The molecule has 0 spiro atoms. The second-order valence-electron chi connectivity index (χ2n) is 4.46. The van der Waals surface area contributed by atoms with Crippen LogP contribution in [-0.2, 0) is 11.3 Å². The first-order chi connectivity index (χ1) is 8.18. The zero-order valence-corrected chi connectivity index (χ0v) is 9.57. The van der Waals surface area contributed by atoms with E-state index in [4.69, 9.17) is 4.74 Å². The van der Waals surface area contributed by atoms with Crippen molar-refractivity contribution in [1.29, 1.82) is 0 Å². The van der Waals surface area contributed by atoms with Gasteiger partial charge in [0.05, 0.1) is 18.8 Å². The van der Waals surface area contributed by atoms with Crippen molar-refractivity contribution in [3.63, 3.8) is 0 Å². The first kappa shape index (κ1) is 12.5. The molecule has 0 amide bonds. The lowest BCUT2D eigenvalue weighted by Crippen LogP contribution is -2.49. The van der Waals surface area contributed by atoms with Crippen LogP contribution in [0, 0.1) is 0 Å². The Morgan fingerprint density at radius 3 is 2.41 bits per heavy atom. The van der Waals surface area contributed by atoms with Crippen molar-refractivity contribution < 1.29 is 20.1 Å². The summed E-state index contributed by atoms with van der Waals surface area (Å²) in [6.07, 6.45) is -2.36. The minimum atomic E-state index is -1.11. The lowest BCUT2D eigenvalue weighted by molar-refractivity contribution is -0.156. The highest BCUT2D eigenvalue weighted by Crippen LogP contribution is 2.23. The number of rotatable bonds is 3. The predicted octanol–water partition coefficient (Wildman–Crippen LogP) is 0.448. The summed E-state index contributed by atoms with van der Waals surface area (Å²) in [7, 11) is 0. The van der Waals surface area contributed by atoms with Gasteiger partial charge in [0.2, 0.25) is 0 Å². The molecule has 0 heterocycles. The molecule has 4 heteroatoms. The van der Waals surface area contributed by atoms with E-state index in [-0.39, 0.29) is 0 Å². The maximum Gasteiger partial charge on any atom is 0.109 e. The minimum Gasteiger partial charge on any atom is -0.390 e. The third kappa shape index (κ3) is 3.04. The zero-order chi connectivity index (χ0) is 12.3. The second-order valence-corrected chi connectivity index (χ2v) is 4.46. The van der Waals surface area contributed by atoms with Crippen molar-refractivity contribution in [1.82, 2.24) is 0 Å². The molecular weight excluding hydrogens is 220 g/mol. The van der Waals surface area contributed by atoms with Crippen LogP contribution in [-0.4, -0.2) is 39.7 Å². The lowest BCUT2D eigenvalue weighted by atomic mass is 9.89. The Balaban J connectivity index is 1.87. The molecule has 17 heavy (non-hydrogen) atoms. The van der Waals surface area contributed by atoms with E-state index < -0.39 is 24.4 Å². The van der Waals surface area contributed by atoms with Gasteiger partial charge in [0.15, 0.2) is 0 Å². The van der Waals surface area contributed by atoms with E-state index in [2.05, 4.69) is 0 Å². The number of ether oxygens (including phenoxy) is 1. The van der Waals surface area contributed by atoms with Crippen LogP contribution < -0.4 is 0 Å². The quantitative estimate of drug-likeness (QED) is 0.715. The second kappa shape index (κ2) is 5.60. The summed E-state index contributed by atoms with van der Waals surface area (Å²) in [5, 5.41) is 28.7. The highest BCUT2D eigenvalue weighted by molar-refractivity contribution is 5.13. The topological polar surface area (TPSA) is 69.9 Å². The molecule has 4 nitrogen and oxygen atoms in total. The Labute approximate surface area is 100 Å². The van der Waals surface area contributed by atoms with Gasteiger partial charge in [-0.25, -0.2) is 0 Å². The number of hydrogen-bond acceptors (Lipinski definition) is 4. The van der Waals surface area contributed by atoms with E-state index >= 15 is 0 Å². The van der Waals surface area contributed by atoms with Gasteiger partial charge in [-0.1, -0.05) is 30.3 Å². The van der Waals surface area contributed by atoms with Crippen molar-refractivity contribution in [3.05, 3.63) is 35.9 Å². The summed E-state index contributed by atoms with van der Waals surface area (Å²) >= 11 is 0. The SMILES string of the molecule is O[C@@H]1[C@H](O)[C@@H](OCc2ccccc2)CC[C@@H]1O. The Kier molecular flexibility index (Phi) is 4.12. The normalized spacial score (nSPS) is 33.6. The molecule has 0 aromatic heterocycles. The van der Waals surface area contributed by atoms with Crippen molar-refractivity contribution >= 4 is 0 Å². The highest BCUT2D eigenvalue weighted by atomic mass is 16.5. The number of aliphatic hydroxyl groups is 3. The molecule has 3 N–H and O–H groups in total. The average molecular weight is 238 g/mol. The Bertz CT molecular complexity index is 341. The predicted molar refractivity (Wildman–Crippen MR) is 62.3 cm³/mol. The van der Waals surface area contributed by atoms with Crippen molar-refractivity contribution in [3.8, 4) is 0 Å². The monoisotopic (exact) mass is 238 g/mol. The van der Waals surface area contributed by atoms with Crippen molar-refractivity contribution in [2.45, 2.75) is 43.9 Å². The fourth-order valence-corrected chi connectivity index (χ4v) is 2.08. The Morgan fingerprint density at radius 1 is 1.00 bits per heavy atom. The van der Waals surface area contributed by atoms with Crippen LogP contribution in [0.2, 0.25) is 0 Å². The molecule has 0 bridgehead atoms. The third-order valence-corrected chi connectivity index (χ3v) is 3.18. The Morgan fingerprint density at radius 2 is 1.71 bits per heavy atom. The lowest BCUT2D eigenvalue weighted by Gasteiger charge is -2.34. The van der Waals surface area contributed by atoms with Gasteiger partial charge in [0.1, 0.15) is 12.2 Å². The van der Waals surface area contributed by atoms with E-state index in [0.717, 1.165) is 5.56 Å². The van der Waals surface area contributed by atoms with Gasteiger partial charge in [-0.3, -0.25) is 0 Å². The fourth-order valence-electron chi connectivity index (χ4n) is 2.08. The standard InChI is InChI=1S/C13H18O4/c14-10-6-7-11(13(16)12(10)15)17-8-9-4-2-1-3-5-9/h1-5,10-16H,6-8H2/t10-,11-,12-,13+/m0/s1. The van der Waals surface area contributed by atoms with Crippen LogP contribution in [0.5, 0.6) is 0 Å². The highest BCUT2D eigenvalue weighted by Gasteiger charge is 2.36. The molecule has 0 saturated heterocycles. The van der Waals surface area contributed by atoms with E-state index in [1.54, 1.807) is 0 Å². The van der Waals surface area contributed by atoms with Gasteiger partial charge >= 0.3 is 0 Å². The number of benzene rings is 1. The molecule has 2 rings (SSSR count). The summed E-state index contributed by atoms with van der Waals surface area (Å²) in [6, 6.07) is 9.67. The maximum absolute atomic E-state index is 9.75. The molecule has 94 valence electrons. The van der Waals surface area contributed by atoms with Gasteiger partial charge < -0.3 is 20.1 Å². The third-order valence-electron chi connectivity index (χ3n) is 3.18. The Hall–Kier alpha value is -0.940. The van der Waals surface area contributed by atoms with E-state index in [1.807, 2.05) is 30.3 Å². The molecule has 1 aliphatic rings. The van der Waals surface area contributed by atoms with E-state index in [9.17, 15) is 15.3 Å². The van der Waals surface area contributed by atoms with Gasteiger partial charge in [-0.2, -0.15) is 0 Å². The molecule has 1 fully saturated rings. The fraction of sp³-hybridized carbons (Fsp3) is 0.538. The summed E-state index contributed by atoms with van der Waals surface area (Å²) in [5.74, 6) is 0. The van der Waals surface area contributed by atoms with Gasteiger partial charge in [-0.15, -0.1) is 0 Å². The number of hydrogen-bond donors (Lipinski definition) is 3. The summed E-state index contributed by atoms with van der Waals surface area (Å²) in [4.78, 5) is 0. The first-order valence-corrected chi connectivity index (χ1v) is 5.88. The van der Waals surface area contributed by atoms with Crippen LogP contribution >= 0.6 is 0 Å². The van der Waals surface area contributed by atoms with Crippen LogP contribution in [0.25, 0.3) is 0 Å². The van der Waals surface area contributed by atoms with Crippen LogP contribution in [0.4, 0.5) is 0 Å². The minimum absolute atomic E-state index is 0.408. The molecule has 1 aliphatic carbocycles. The molecule has 0 aliphatic heterocycles. The molecule has 1 aromatic rings. The maximum atomic E-state index is 9.75.